The zero-order chi connectivity index (χ0) is 14.7. The van der Waals surface area contributed by atoms with Crippen LogP contribution in [0, 0.1) is 12.7 Å². The van der Waals surface area contributed by atoms with Crippen molar-refractivity contribution in [3.63, 3.8) is 0 Å². The molecule has 0 unspecified atom stereocenters. The molecule has 7 heteroatoms. The Balaban J connectivity index is 2.16. The first-order valence-corrected chi connectivity index (χ1v) is 6.92. The largest absolute Gasteiger partial charge is 0.290 e. The second-order valence-corrected chi connectivity index (χ2v) is 5.31. The summed E-state index contributed by atoms with van der Waals surface area (Å²) in [7, 11) is 1.84. The highest BCUT2D eigenvalue weighted by atomic mass is 32.2. The van der Waals surface area contributed by atoms with Gasteiger partial charge in [0, 0.05) is 18.4 Å². The topological polar surface area (TPSA) is 72.9 Å². The standard InChI is InChI=1S/C13H15FN4OS/c1-8-5-12(18(2)17-8)20-7-10-6-9(13(19)16-15)3-4-11(10)14/h3-6H,7,15H2,1-2H3,(H,16,19). The summed E-state index contributed by atoms with van der Waals surface area (Å²) in [6.45, 7) is 1.90. The maximum atomic E-state index is 13.7. The van der Waals surface area contributed by atoms with Crippen molar-refractivity contribution in [2.45, 2.75) is 17.7 Å². The summed E-state index contributed by atoms with van der Waals surface area (Å²) in [5, 5.41) is 5.17. The molecule has 2 aromatic rings. The van der Waals surface area contributed by atoms with Gasteiger partial charge in [-0.2, -0.15) is 5.10 Å². The number of halogens is 1. The van der Waals surface area contributed by atoms with Crippen molar-refractivity contribution in [2.75, 3.05) is 0 Å². The van der Waals surface area contributed by atoms with Gasteiger partial charge in [0.05, 0.1) is 10.7 Å². The molecule has 106 valence electrons. The molecular weight excluding hydrogens is 279 g/mol. The third-order valence-corrected chi connectivity index (χ3v) is 3.91. The highest BCUT2D eigenvalue weighted by molar-refractivity contribution is 7.98. The van der Waals surface area contributed by atoms with E-state index < -0.39 is 5.91 Å². The molecule has 0 atom stereocenters. The second-order valence-electron chi connectivity index (χ2n) is 4.32. The molecule has 1 aromatic heterocycles. The highest BCUT2D eigenvalue weighted by Crippen LogP contribution is 2.25. The normalized spacial score (nSPS) is 10.6. The van der Waals surface area contributed by atoms with Crippen LogP contribution in [0.1, 0.15) is 21.6 Å². The number of rotatable bonds is 4. The molecule has 3 N–H and O–H groups in total. The lowest BCUT2D eigenvalue weighted by Crippen LogP contribution is -2.30. The van der Waals surface area contributed by atoms with Crippen LogP contribution in [-0.4, -0.2) is 15.7 Å². The summed E-state index contributed by atoms with van der Waals surface area (Å²) in [5.74, 6) is 4.70. The number of hydrazine groups is 1. The molecule has 0 saturated carbocycles. The van der Waals surface area contributed by atoms with Crippen LogP contribution in [0.25, 0.3) is 0 Å². The van der Waals surface area contributed by atoms with Gasteiger partial charge >= 0.3 is 0 Å². The van der Waals surface area contributed by atoms with E-state index in [-0.39, 0.29) is 5.82 Å². The molecule has 0 radical (unpaired) electrons. The van der Waals surface area contributed by atoms with E-state index >= 15 is 0 Å². The van der Waals surface area contributed by atoms with Crippen molar-refractivity contribution >= 4 is 17.7 Å². The number of thioether (sulfide) groups is 1. The number of nitrogens with one attached hydrogen (secondary N) is 1. The number of hydrogen-bond donors (Lipinski definition) is 2. The van der Waals surface area contributed by atoms with Gasteiger partial charge in [0.25, 0.3) is 5.91 Å². The number of benzene rings is 1. The van der Waals surface area contributed by atoms with Crippen LogP contribution in [0.4, 0.5) is 4.39 Å². The predicted molar refractivity (Wildman–Crippen MR) is 75.6 cm³/mol. The minimum absolute atomic E-state index is 0.339. The SMILES string of the molecule is Cc1cc(SCc2cc(C(=O)NN)ccc2F)n(C)n1. The van der Waals surface area contributed by atoms with Gasteiger partial charge in [0.2, 0.25) is 0 Å². The van der Waals surface area contributed by atoms with Gasteiger partial charge in [0.15, 0.2) is 0 Å². The predicted octanol–water partition coefficient (Wildman–Crippen LogP) is 1.76. The van der Waals surface area contributed by atoms with Crippen molar-refractivity contribution in [3.8, 4) is 0 Å². The van der Waals surface area contributed by atoms with Gasteiger partial charge in [-0.15, -0.1) is 11.8 Å². The zero-order valence-electron chi connectivity index (χ0n) is 11.2. The van der Waals surface area contributed by atoms with Crippen molar-refractivity contribution in [3.05, 3.63) is 46.9 Å². The maximum absolute atomic E-state index is 13.7. The Morgan fingerprint density at radius 1 is 1.50 bits per heavy atom. The van der Waals surface area contributed by atoms with Crippen molar-refractivity contribution < 1.29 is 9.18 Å². The molecule has 2 rings (SSSR count). The van der Waals surface area contributed by atoms with E-state index in [0.29, 0.717) is 16.9 Å². The molecular formula is C13H15FN4OS. The number of nitrogens with two attached hydrogens (primary N) is 1. The van der Waals surface area contributed by atoms with Crippen molar-refractivity contribution in [1.82, 2.24) is 15.2 Å². The molecule has 1 amide bonds. The van der Waals surface area contributed by atoms with Crippen LogP contribution in [0.5, 0.6) is 0 Å². The third-order valence-electron chi connectivity index (χ3n) is 2.77. The lowest BCUT2D eigenvalue weighted by molar-refractivity contribution is 0.0953. The molecule has 0 aliphatic rings. The Hall–Kier alpha value is -1.86. The van der Waals surface area contributed by atoms with Crippen molar-refractivity contribution in [1.29, 1.82) is 0 Å². The number of aryl methyl sites for hydroxylation is 2. The fraction of sp³-hybridized carbons (Fsp3) is 0.231. The van der Waals surface area contributed by atoms with Crippen molar-refractivity contribution in [2.24, 2.45) is 12.9 Å². The molecule has 5 nitrogen and oxygen atoms in total. The summed E-state index contributed by atoms with van der Waals surface area (Å²) in [6.07, 6.45) is 0. The Labute approximate surface area is 120 Å². The van der Waals surface area contributed by atoms with Gasteiger partial charge in [-0.05, 0) is 36.8 Å². The quantitative estimate of drug-likeness (QED) is 0.390. The fourth-order valence-electron chi connectivity index (χ4n) is 1.78. The summed E-state index contributed by atoms with van der Waals surface area (Å²) in [6, 6.07) is 6.11. The number of carbonyl (C=O) groups excluding carboxylic acids is 1. The summed E-state index contributed by atoms with van der Waals surface area (Å²) in [5.41, 5.74) is 3.73. The van der Waals surface area contributed by atoms with Gasteiger partial charge in [0.1, 0.15) is 5.82 Å². The molecule has 1 heterocycles. The van der Waals surface area contributed by atoms with E-state index in [1.165, 1.54) is 30.0 Å². The lowest BCUT2D eigenvalue weighted by Gasteiger charge is -2.06. The Morgan fingerprint density at radius 3 is 2.85 bits per heavy atom. The highest BCUT2D eigenvalue weighted by Gasteiger charge is 2.10. The monoisotopic (exact) mass is 294 g/mol. The van der Waals surface area contributed by atoms with E-state index in [1.807, 2.05) is 25.5 Å². The van der Waals surface area contributed by atoms with Gasteiger partial charge in [-0.1, -0.05) is 0 Å². The molecule has 0 fully saturated rings. The molecule has 0 saturated heterocycles. The first kappa shape index (κ1) is 14.5. The Bertz CT molecular complexity index is 641. The minimum Gasteiger partial charge on any atom is -0.290 e. The van der Waals surface area contributed by atoms with E-state index in [0.717, 1.165) is 10.7 Å². The zero-order valence-corrected chi connectivity index (χ0v) is 12.0. The first-order valence-electron chi connectivity index (χ1n) is 5.94. The lowest BCUT2D eigenvalue weighted by atomic mass is 10.1. The number of aromatic nitrogens is 2. The fourth-order valence-corrected chi connectivity index (χ4v) is 2.79. The molecule has 0 aliphatic carbocycles. The number of hydrogen-bond acceptors (Lipinski definition) is 4. The van der Waals surface area contributed by atoms with E-state index in [9.17, 15) is 9.18 Å². The number of amides is 1. The van der Waals surface area contributed by atoms with Gasteiger partial charge in [-0.3, -0.25) is 14.9 Å². The van der Waals surface area contributed by atoms with Crippen LogP contribution < -0.4 is 11.3 Å². The average Bonchev–Trinajstić information content (AvgIpc) is 2.75. The number of nitrogen functional groups attached to an aromatic ring is 1. The maximum Gasteiger partial charge on any atom is 0.265 e. The Morgan fingerprint density at radius 2 is 2.25 bits per heavy atom. The first-order chi connectivity index (χ1) is 9.51. The number of carbonyl (C=O) groups is 1. The minimum atomic E-state index is -0.437. The molecule has 0 aliphatic heterocycles. The molecule has 1 aromatic carbocycles. The van der Waals surface area contributed by atoms with Gasteiger partial charge in [-0.25, -0.2) is 10.2 Å². The molecule has 20 heavy (non-hydrogen) atoms. The van der Waals surface area contributed by atoms with E-state index in [2.05, 4.69) is 5.10 Å². The van der Waals surface area contributed by atoms with Crippen LogP contribution >= 0.6 is 11.8 Å². The Kier molecular flexibility index (Phi) is 4.41. The van der Waals surface area contributed by atoms with Gasteiger partial charge < -0.3 is 0 Å². The smallest absolute Gasteiger partial charge is 0.265 e. The van der Waals surface area contributed by atoms with Crippen LogP contribution in [0.2, 0.25) is 0 Å². The second kappa shape index (κ2) is 6.06. The summed E-state index contributed by atoms with van der Waals surface area (Å²) in [4.78, 5) is 11.4. The average molecular weight is 294 g/mol. The summed E-state index contributed by atoms with van der Waals surface area (Å²) < 4.78 is 15.5. The van der Waals surface area contributed by atoms with Crippen LogP contribution in [0.3, 0.4) is 0 Å². The van der Waals surface area contributed by atoms with E-state index in [4.69, 9.17) is 5.84 Å². The third kappa shape index (κ3) is 3.17. The van der Waals surface area contributed by atoms with Crippen LogP contribution in [-0.2, 0) is 12.8 Å². The van der Waals surface area contributed by atoms with Crippen LogP contribution in [0.15, 0.2) is 29.3 Å². The number of nitrogens with zero attached hydrogens (tertiary/aromatic N) is 2. The summed E-state index contributed by atoms with van der Waals surface area (Å²) >= 11 is 1.46. The molecule has 0 bridgehead atoms. The van der Waals surface area contributed by atoms with E-state index in [1.54, 1.807) is 4.68 Å². The molecule has 0 spiro atoms.